The third-order valence-electron chi connectivity index (χ3n) is 12.9. The summed E-state index contributed by atoms with van der Waals surface area (Å²) < 4.78 is 4.96. The number of aromatic nitrogens is 4. The van der Waals surface area contributed by atoms with Crippen molar-refractivity contribution < 1.29 is 0 Å². The van der Waals surface area contributed by atoms with Crippen LogP contribution in [-0.4, -0.2) is 19.5 Å². The fraction of sp³-hybridized carbons (Fsp3) is 0. The molecule has 4 nitrogen and oxygen atoms in total. The van der Waals surface area contributed by atoms with Gasteiger partial charge in [0.1, 0.15) is 0 Å². The molecule has 0 N–H and O–H groups in total. The van der Waals surface area contributed by atoms with Gasteiger partial charge in [-0.25, -0.2) is 15.0 Å². The Bertz CT molecular complexity index is 3940. The number of benzene rings is 10. The fourth-order valence-electron chi connectivity index (χ4n) is 9.63. The van der Waals surface area contributed by atoms with Gasteiger partial charge in [0, 0.05) is 47.6 Å². The van der Waals surface area contributed by atoms with Crippen LogP contribution in [0.3, 0.4) is 0 Å². The van der Waals surface area contributed by atoms with Crippen LogP contribution in [0.25, 0.3) is 126 Å². The van der Waals surface area contributed by atoms with E-state index < -0.39 is 0 Å². The molecule has 0 aliphatic rings. The highest BCUT2D eigenvalue weighted by atomic mass is 32.1. The topological polar surface area (TPSA) is 43.6 Å². The zero-order chi connectivity index (χ0) is 43.6. The number of rotatable bonds is 7. The predicted octanol–water partition coefficient (Wildman–Crippen LogP) is 16.5. The molecule has 10 aromatic carbocycles. The monoisotopic (exact) mass is 858 g/mol. The Balaban J connectivity index is 1.01. The maximum absolute atomic E-state index is 5.40. The molecule has 0 fully saturated rings. The van der Waals surface area contributed by atoms with E-state index in [-0.39, 0.29) is 0 Å². The largest absolute Gasteiger partial charge is 0.308 e. The van der Waals surface area contributed by atoms with E-state index >= 15 is 0 Å². The second kappa shape index (κ2) is 15.6. The Morgan fingerprint density at radius 1 is 0.303 bits per heavy atom. The summed E-state index contributed by atoms with van der Waals surface area (Å²) in [5.41, 5.74) is 12.8. The molecule has 5 heteroatoms. The smallest absolute Gasteiger partial charge is 0.166 e. The summed E-state index contributed by atoms with van der Waals surface area (Å²) in [5, 5.41) is 7.38. The number of para-hydroxylation sites is 2. The molecule has 66 heavy (non-hydrogen) atoms. The van der Waals surface area contributed by atoms with Crippen molar-refractivity contribution in [1.29, 1.82) is 0 Å². The van der Waals surface area contributed by atoms with Crippen LogP contribution in [0, 0.1) is 0 Å². The Morgan fingerprint density at radius 3 is 1.65 bits per heavy atom. The van der Waals surface area contributed by atoms with Crippen LogP contribution in [0.5, 0.6) is 0 Å². The minimum Gasteiger partial charge on any atom is -0.308 e. The van der Waals surface area contributed by atoms with Crippen LogP contribution >= 0.6 is 11.3 Å². The molecule has 0 spiro atoms. The Kier molecular flexibility index (Phi) is 9.00. The maximum Gasteiger partial charge on any atom is 0.166 e. The maximum atomic E-state index is 5.40. The highest BCUT2D eigenvalue weighted by Crippen LogP contribution is 2.42. The van der Waals surface area contributed by atoms with Crippen LogP contribution in [-0.2, 0) is 0 Å². The van der Waals surface area contributed by atoms with E-state index in [1.807, 2.05) is 11.3 Å². The minimum atomic E-state index is 0.599. The lowest BCUT2D eigenvalue weighted by Crippen LogP contribution is -2.04. The Morgan fingerprint density at radius 2 is 0.848 bits per heavy atom. The fourth-order valence-corrected chi connectivity index (χ4v) is 10.9. The number of fused-ring (bicyclic) bond motifs is 7. The summed E-state index contributed by atoms with van der Waals surface area (Å²) in [4.78, 5) is 16.1. The molecule has 0 radical (unpaired) electrons. The first-order valence-electron chi connectivity index (χ1n) is 22.3. The lowest BCUT2D eigenvalue weighted by Gasteiger charge is -2.16. The number of hydrogen-bond donors (Lipinski definition) is 0. The van der Waals surface area contributed by atoms with Crippen molar-refractivity contribution in [2.24, 2.45) is 0 Å². The molecule has 13 aromatic rings. The molecule has 3 heterocycles. The average molecular weight is 859 g/mol. The molecule has 0 atom stereocenters. The van der Waals surface area contributed by atoms with Gasteiger partial charge in [-0.2, -0.15) is 0 Å². The summed E-state index contributed by atoms with van der Waals surface area (Å²) in [6.45, 7) is 0. The Hall–Kier alpha value is -8.51. The summed E-state index contributed by atoms with van der Waals surface area (Å²) in [6.07, 6.45) is 0. The van der Waals surface area contributed by atoms with Gasteiger partial charge >= 0.3 is 0 Å². The number of nitrogens with zero attached hydrogens (tertiary/aromatic N) is 4. The molecular formula is C61H38N4S. The van der Waals surface area contributed by atoms with Crippen LogP contribution in [0.15, 0.2) is 231 Å². The van der Waals surface area contributed by atoms with Gasteiger partial charge in [0.2, 0.25) is 0 Å². The van der Waals surface area contributed by atoms with Crippen molar-refractivity contribution in [3.63, 3.8) is 0 Å². The van der Waals surface area contributed by atoms with Gasteiger partial charge in [-0.3, -0.25) is 0 Å². The number of thiophene rings is 1. The van der Waals surface area contributed by atoms with Gasteiger partial charge in [0.15, 0.2) is 17.5 Å². The third-order valence-corrected chi connectivity index (χ3v) is 14.1. The van der Waals surface area contributed by atoms with Crippen molar-refractivity contribution in [1.82, 2.24) is 19.5 Å². The van der Waals surface area contributed by atoms with Gasteiger partial charge in [-0.1, -0.05) is 188 Å². The molecular weight excluding hydrogens is 821 g/mol. The summed E-state index contributed by atoms with van der Waals surface area (Å²) in [5.74, 6) is 1.82. The van der Waals surface area contributed by atoms with E-state index in [0.29, 0.717) is 17.5 Å². The molecule has 0 aliphatic heterocycles. The van der Waals surface area contributed by atoms with Gasteiger partial charge in [-0.05, 0) is 86.6 Å². The molecule has 0 bridgehead atoms. The van der Waals surface area contributed by atoms with Gasteiger partial charge in [-0.15, -0.1) is 11.3 Å². The summed E-state index contributed by atoms with van der Waals surface area (Å²) in [6, 6.07) is 82.2. The minimum absolute atomic E-state index is 0.599. The van der Waals surface area contributed by atoms with Crippen LogP contribution in [0.1, 0.15) is 0 Å². The first-order valence-corrected chi connectivity index (χ1v) is 23.1. The van der Waals surface area contributed by atoms with Crippen molar-refractivity contribution in [3.8, 4) is 73.2 Å². The molecule has 308 valence electrons. The van der Waals surface area contributed by atoms with Crippen molar-refractivity contribution >= 4 is 64.1 Å². The van der Waals surface area contributed by atoms with E-state index in [2.05, 4.69) is 235 Å². The summed E-state index contributed by atoms with van der Waals surface area (Å²) >= 11 is 1.85. The molecule has 0 aliphatic carbocycles. The SMILES string of the molecule is c1ccc(-c2ccc(-c3nc(-c4ccc(-c5cccc6c5sc5ccccc56)cc4)nc(-c4cccc(-c5ccc6ccccc6c5)c4)n3)c(-n3c4ccccc4c4ccccc43)c2)cc1. The van der Waals surface area contributed by atoms with Gasteiger partial charge in [0.05, 0.1) is 16.7 Å². The third kappa shape index (κ3) is 6.48. The van der Waals surface area contributed by atoms with Gasteiger partial charge < -0.3 is 4.57 Å². The van der Waals surface area contributed by atoms with E-state index in [1.54, 1.807) is 0 Å². The van der Waals surface area contributed by atoms with E-state index in [4.69, 9.17) is 15.0 Å². The lowest BCUT2D eigenvalue weighted by atomic mass is 9.99. The predicted molar refractivity (Wildman–Crippen MR) is 277 cm³/mol. The molecule has 0 saturated heterocycles. The van der Waals surface area contributed by atoms with Crippen LogP contribution in [0.2, 0.25) is 0 Å². The van der Waals surface area contributed by atoms with Crippen molar-refractivity contribution in [3.05, 3.63) is 231 Å². The van der Waals surface area contributed by atoms with E-state index in [9.17, 15) is 0 Å². The van der Waals surface area contributed by atoms with Crippen LogP contribution < -0.4 is 0 Å². The zero-order valence-corrected chi connectivity index (χ0v) is 36.5. The van der Waals surface area contributed by atoms with Crippen molar-refractivity contribution in [2.75, 3.05) is 0 Å². The highest BCUT2D eigenvalue weighted by molar-refractivity contribution is 7.26. The number of hydrogen-bond acceptors (Lipinski definition) is 4. The Labute approximate surface area is 385 Å². The first kappa shape index (κ1) is 38.0. The second-order valence-corrected chi connectivity index (χ2v) is 17.8. The van der Waals surface area contributed by atoms with Gasteiger partial charge in [0.25, 0.3) is 0 Å². The lowest BCUT2D eigenvalue weighted by molar-refractivity contribution is 1.06. The first-order chi connectivity index (χ1) is 32.7. The van der Waals surface area contributed by atoms with Crippen molar-refractivity contribution in [2.45, 2.75) is 0 Å². The standard InChI is InChI=1S/C61H38N4S/c1-2-14-39(15-3-1)46-34-35-53(56(38-46)65-54-25-9-6-20-49(54)50-21-7-10-26-55(50)65)61-63-59(42-31-29-41(30-32-42)48-23-13-24-52-51-22-8-11-27-57(51)66-58(48)52)62-60(64-61)47-19-12-18-44(37-47)45-33-28-40-16-4-5-17-43(40)36-45/h1-38H. The molecule has 3 aromatic heterocycles. The summed E-state index contributed by atoms with van der Waals surface area (Å²) in [7, 11) is 0. The quantitative estimate of drug-likeness (QED) is 0.160. The molecule has 13 rings (SSSR count). The molecule has 0 saturated carbocycles. The zero-order valence-electron chi connectivity index (χ0n) is 35.6. The van der Waals surface area contributed by atoms with E-state index in [0.717, 1.165) is 61.2 Å². The molecule has 0 unspecified atom stereocenters. The highest BCUT2D eigenvalue weighted by Gasteiger charge is 2.21. The van der Waals surface area contributed by atoms with E-state index in [1.165, 1.54) is 47.3 Å². The average Bonchev–Trinajstić information content (AvgIpc) is 3.95. The normalized spacial score (nSPS) is 11.6. The van der Waals surface area contributed by atoms with Crippen LogP contribution in [0.4, 0.5) is 0 Å². The second-order valence-electron chi connectivity index (χ2n) is 16.8. The molecule has 0 amide bonds.